The molecule has 0 radical (unpaired) electrons. The van der Waals surface area contributed by atoms with Crippen molar-refractivity contribution >= 4 is 17.5 Å². The number of nitrogens with one attached hydrogen (secondary N) is 1. The van der Waals surface area contributed by atoms with E-state index in [-0.39, 0.29) is 5.91 Å². The average Bonchev–Trinajstić information content (AvgIpc) is 2.59. The van der Waals surface area contributed by atoms with E-state index < -0.39 is 0 Å². The molecule has 0 bridgehead atoms. The van der Waals surface area contributed by atoms with Crippen molar-refractivity contribution < 1.29 is 4.79 Å². The number of carbonyl (C=O) groups excluding carboxylic acids is 1. The lowest BCUT2D eigenvalue weighted by Gasteiger charge is -2.26. The molecule has 1 N–H and O–H groups in total. The number of aromatic nitrogens is 2. The van der Waals surface area contributed by atoms with E-state index in [1.165, 1.54) is 19.3 Å². The first-order chi connectivity index (χ1) is 11.1. The Hall–Kier alpha value is -2.43. The molecule has 5 nitrogen and oxygen atoms in total. The van der Waals surface area contributed by atoms with Crippen LogP contribution in [-0.4, -0.2) is 29.0 Å². The topological polar surface area (TPSA) is 58.1 Å². The molecular formula is C18H22N4O. The van der Waals surface area contributed by atoms with Gasteiger partial charge in [0.15, 0.2) is 0 Å². The molecule has 5 heteroatoms. The Balaban J connectivity index is 1.72. The van der Waals surface area contributed by atoms with Gasteiger partial charge in [-0.3, -0.25) is 4.79 Å². The number of rotatable bonds is 3. The van der Waals surface area contributed by atoms with Crippen molar-refractivity contribution in [1.29, 1.82) is 0 Å². The third kappa shape index (κ3) is 3.50. The fourth-order valence-corrected chi connectivity index (χ4v) is 2.89. The summed E-state index contributed by atoms with van der Waals surface area (Å²) in [6, 6.07) is 5.95. The van der Waals surface area contributed by atoms with Gasteiger partial charge in [-0.25, -0.2) is 9.97 Å². The van der Waals surface area contributed by atoms with Crippen LogP contribution in [-0.2, 0) is 0 Å². The van der Waals surface area contributed by atoms with E-state index in [0.29, 0.717) is 11.5 Å². The van der Waals surface area contributed by atoms with Gasteiger partial charge in [0, 0.05) is 31.2 Å². The first-order valence-electron chi connectivity index (χ1n) is 8.10. The van der Waals surface area contributed by atoms with Crippen LogP contribution in [0.25, 0.3) is 0 Å². The van der Waals surface area contributed by atoms with Crippen molar-refractivity contribution in [3.8, 4) is 0 Å². The highest BCUT2D eigenvalue weighted by molar-refractivity contribution is 6.04. The second-order valence-corrected chi connectivity index (χ2v) is 6.04. The molecule has 23 heavy (non-hydrogen) atoms. The first-order valence-corrected chi connectivity index (χ1v) is 8.10. The van der Waals surface area contributed by atoms with Gasteiger partial charge in [-0.15, -0.1) is 0 Å². The Labute approximate surface area is 136 Å². The largest absolute Gasteiger partial charge is 0.341 e. The third-order valence-electron chi connectivity index (χ3n) is 4.26. The fraction of sp³-hybridized carbons (Fsp3) is 0.389. The van der Waals surface area contributed by atoms with Crippen molar-refractivity contribution in [2.45, 2.75) is 33.1 Å². The molecular weight excluding hydrogens is 288 g/mol. The quantitative estimate of drug-likeness (QED) is 0.944. The maximum Gasteiger partial charge on any atom is 0.258 e. The molecule has 0 aliphatic carbocycles. The highest BCUT2D eigenvalue weighted by Crippen LogP contribution is 2.20. The standard InChI is InChI=1S/C18H22N4O/c1-13-7-6-8-14(2)16(13)21-17(23)15-11-19-18(20-12-15)22-9-4-3-5-10-22/h6-8,11-12H,3-5,9-10H2,1-2H3,(H,21,23). The van der Waals surface area contributed by atoms with Crippen molar-refractivity contribution in [2.75, 3.05) is 23.3 Å². The molecule has 0 atom stereocenters. The summed E-state index contributed by atoms with van der Waals surface area (Å²) < 4.78 is 0. The SMILES string of the molecule is Cc1cccc(C)c1NC(=O)c1cnc(N2CCCCC2)nc1. The molecule has 120 valence electrons. The lowest BCUT2D eigenvalue weighted by atomic mass is 10.1. The minimum Gasteiger partial charge on any atom is -0.341 e. The zero-order valence-corrected chi connectivity index (χ0v) is 13.7. The van der Waals surface area contributed by atoms with Crippen LogP contribution >= 0.6 is 0 Å². The van der Waals surface area contributed by atoms with E-state index in [1.807, 2.05) is 32.0 Å². The number of piperidine rings is 1. The molecule has 1 aliphatic rings. The molecule has 1 aliphatic heterocycles. The molecule has 1 aromatic carbocycles. The van der Waals surface area contributed by atoms with E-state index in [9.17, 15) is 4.79 Å². The lowest BCUT2D eigenvalue weighted by molar-refractivity contribution is 0.102. The van der Waals surface area contributed by atoms with Gasteiger partial charge in [0.05, 0.1) is 5.56 Å². The van der Waals surface area contributed by atoms with E-state index in [0.717, 1.165) is 29.9 Å². The Morgan fingerprint density at radius 1 is 1.04 bits per heavy atom. The number of anilines is 2. The molecule has 1 amide bonds. The number of aryl methyl sites for hydroxylation is 2. The van der Waals surface area contributed by atoms with Crippen LogP contribution in [0.5, 0.6) is 0 Å². The van der Waals surface area contributed by atoms with E-state index >= 15 is 0 Å². The highest BCUT2D eigenvalue weighted by Gasteiger charge is 2.15. The summed E-state index contributed by atoms with van der Waals surface area (Å²) in [5.41, 5.74) is 3.43. The molecule has 2 heterocycles. The maximum absolute atomic E-state index is 12.4. The molecule has 1 aromatic heterocycles. The fourth-order valence-electron chi connectivity index (χ4n) is 2.89. The smallest absolute Gasteiger partial charge is 0.258 e. The van der Waals surface area contributed by atoms with Gasteiger partial charge in [0.25, 0.3) is 5.91 Å². The number of hydrogen-bond donors (Lipinski definition) is 1. The van der Waals surface area contributed by atoms with Gasteiger partial charge in [-0.1, -0.05) is 18.2 Å². The Kier molecular flexibility index (Phi) is 4.55. The summed E-state index contributed by atoms with van der Waals surface area (Å²) in [6.45, 7) is 5.96. The van der Waals surface area contributed by atoms with Crippen molar-refractivity contribution in [3.05, 3.63) is 47.3 Å². The van der Waals surface area contributed by atoms with Gasteiger partial charge < -0.3 is 10.2 Å². The zero-order valence-electron chi connectivity index (χ0n) is 13.7. The monoisotopic (exact) mass is 310 g/mol. The van der Waals surface area contributed by atoms with Gasteiger partial charge in [0.1, 0.15) is 0 Å². The summed E-state index contributed by atoms with van der Waals surface area (Å²) in [7, 11) is 0. The van der Waals surface area contributed by atoms with Gasteiger partial charge in [-0.05, 0) is 44.2 Å². The molecule has 1 saturated heterocycles. The number of carbonyl (C=O) groups is 1. The van der Waals surface area contributed by atoms with Crippen LogP contribution in [0.2, 0.25) is 0 Å². The summed E-state index contributed by atoms with van der Waals surface area (Å²) in [5, 5.41) is 2.96. The third-order valence-corrected chi connectivity index (χ3v) is 4.26. The Morgan fingerprint density at radius 2 is 1.65 bits per heavy atom. The highest BCUT2D eigenvalue weighted by atomic mass is 16.1. The molecule has 0 saturated carbocycles. The normalized spacial score (nSPS) is 14.6. The maximum atomic E-state index is 12.4. The number of benzene rings is 1. The van der Waals surface area contributed by atoms with Crippen molar-refractivity contribution in [1.82, 2.24) is 9.97 Å². The predicted molar refractivity (Wildman–Crippen MR) is 92.0 cm³/mol. The average molecular weight is 310 g/mol. The summed E-state index contributed by atoms with van der Waals surface area (Å²) in [5.74, 6) is 0.543. The van der Waals surface area contributed by atoms with E-state index in [1.54, 1.807) is 12.4 Å². The second-order valence-electron chi connectivity index (χ2n) is 6.04. The first kappa shape index (κ1) is 15.5. The van der Waals surface area contributed by atoms with E-state index in [4.69, 9.17) is 0 Å². The van der Waals surface area contributed by atoms with Gasteiger partial charge >= 0.3 is 0 Å². The lowest BCUT2D eigenvalue weighted by Crippen LogP contribution is -2.31. The van der Waals surface area contributed by atoms with Crippen LogP contribution in [0.1, 0.15) is 40.7 Å². The number of para-hydroxylation sites is 1. The summed E-state index contributed by atoms with van der Waals surface area (Å²) in [6.07, 6.45) is 6.85. The van der Waals surface area contributed by atoms with Crippen LogP contribution in [0.15, 0.2) is 30.6 Å². The van der Waals surface area contributed by atoms with Crippen molar-refractivity contribution in [2.24, 2.45) is 0 Å². The molecule has 2 aromatic rings. The van der Waals surface area contributed by atoms with Crippen LogP contribution in [0, 0.1) is 13.8 Å². The summed E-state index contributed by atoms with van der Waals surface area (Å²) in [4.78, 5) is 23.3. The van der Waals surface area contributed by atoms with Crippen LogP contribution in [0.4, 0.5) is 11.6 Å². The Morgan fingerprint density at radius 3 is 2.26 bits per heavy atom. The van der Waals surface area contributed by atoms with E-state index in [2.05, 4.69) is 20.2 Å². The predicted octanol–water partition coefficient (Wildman–Crippen LogP) is 3.34. The second kappa shape index (κ2) is 6.77. The minimum atomic E-state index is -0.174. The van der Waals surface area contributed by atoms with Crippen molar-refractivity contribution in [3.63, 3.8) is 0 Å². The molecule has 3 rings (SSSR count). The minimum absolute atomic E-state index is 0.174. The Bertz CT molecular complexity index is 670. The number of hydrogen-bond acceptors (Lipinski definition) is 4. The number of nitrogens with zero attached hydrogens (tertiary/aromatic N) is 3. The molecule has 0 spiro atoms. The molecule has 1 fully saturated rings. The van der Waals surface area contributed by atoms with Crippen LogP contribution in [0.3, 0.4) is 0 Å². The van der Waals surface area contributed by atoms with Gasteiger partial charge in [-0.2, -0.15) is 0 Å². The summed E-state index contributed by atoms with van der Waals surface area (Å²) >= 11 is 0. The van der Waals surface area contributed by atoms with Crippen LogP contribution < -0.4 is 10.2 Å². The molecule has 0 unspecified atom stereocenters. The van der Waals surface area contributed by atoms with Gasteiger partial charge in [0.2, 0.25) is 5.95 Å². The zero-order chi connectivity index (χ0) is 16.2. The number of amides is 1.